The fourth-order valence-corrected chi connectivity index (χ4v) is 7.85. The summed E-state index contributed by atoms with van der Waals surface area (Å²) >= 11 is 0. The van der Waals surface area contributed by atoms with Crippen LogP contribution in [-0.2, 0) is 28.6 Å². The van der Waals surface area contributed by atoms with Crippen molar-refractivity contribution in [2.75, 3.05) is 13.2 Å². The molecule has 0 heterocycles. The van der Waals surface area contributed by atoms with Crippen LogP contribution in [0.1, 0.15) is 258 Å². The van der Waals surface area contributed by atoms with Gasteiger partial charge in [-0.1, -0.05) is 251 Å². The van der Waals surface area contributed by atoms with Gasteiger partial charge in [0.15, 0.2) is 6.10 Å². The normalized spacial score (nSPS) is 13.0. The predicted octanol–water partition coefficient (Wildman–Crippen LogP) is 20.0. The zero-order valence-electron chi connectivity index (χ0n) is 46.7. The third kappa shape index (κ3) is 56.7. The van der Waals surface area contributed by atoms with Crippen molar-refractivity contribution in [3.63, 3.8) is 0 Å². The lowest BCUT2D eigenvalue weighted by Gasteiger charge is -2.18. The third-order valence-corrected chi connectivity index (χ3v) is 12.2. The molecule has 0 aromatic carbocycles. The second-order valence-electron chi connectivity index (χ2n) is 19.1. The maximum atomic E-state index is 12.8. The Balaban J connectivity index is 4.27. The van der Waals surface area contributed by atoms with Crippen LogP contribution in [-0.4, -0.2) is 37.2 Å². The van der Waals surface area contributed by atoms with E-state index >= 15 is 0 Å². The topological polar surface area (TPSA) is 78.9 Å². The number of ether oxygens (including phenoxy) is 3. The smallest absolute Gasteiger partial charge is 0.306 e. The molecule has 0 rings (SSSR count). The van der Waals surface area contributed by atoms with Gasteiger partial charge in [-0.15, -0.1) is 0 Å². The second kappa shape index (κ2) is 59.4. The Bertz CT molecular complexity index is 1520. The first-order valence-electron chi connectivity index (χ1n) is 29.5. The summed E-state index contributed by atoms with van der Waals surface area (Å²) in [6.45, 7) is 6.36. The third-order valence-electron chi connectivity index (χ3n) is 12.2. The summed E-state index contributed by atoms with van der Waals surface area (Å²) in [5.74, 6) is -0.916. The predicted molar refractivity (Wildman–Crippen MR) is 311 cm³/mol. The molecule has 0 spiro atoms. The summed E-state index contributed by atoms with van der Waals surface area (Å²) in [6.07, 6.45) is 82.0. The highest BCUT2D eigenvalue weighted by Crippen LogP contribution is 2.14. The lowest BCUT2D eigenvalue weighted by molar-refractivity contribution is -0.167. The van der Waals surface area contributed by atoms with Gasteiger partial charge in [-0.25, -0.2) is 0 Å². The Morgan fingerprint density at radius 3 is 0.847 bits per heavy atom. The quantitative estimate of drug-likeness (QED) is 0.0261. The summed E-state index contributed by atoms with van der Waals surface area (Å²) in [5.41, 5.74) is 0. The van der Waals surface area contributed by atoms with Gasteiger partial charge in [-0.2, -0.15) is 0 Å². The van der Waals surface area contributed by atoms with Crippen LogP contribution in [0.3, 0.4) is 0 Å². The summed E-state index contributed by atoms with van der Waals surface area (Å²) in [7, 11) is 0. The maximum Gasteiger partial charge on any atom is 0.306 e. The molecular formula is C66H108O6. The van der Waals surface area contributed by atoms with Crippen molar-refractivity contribution in [3.8, 4) is 0 Å². The molecule has 0 N–H and O–H groups in total. The van der Waals surface area contributed by atoms with Crippen molar-refractivity contribution in [2.24, 2.45) is 0 Å². The van der Waals surface area contributed by atoms with Crippen LogP contribution in [0.4, 0.5) is 0 Å². The number of allylic oxidation sites excluding steroid dienone is 20. The Kier molecular flexibility index (Phi) is 55.9. The van der Waals surface area contributed by atoms with Gasteiger partial charge in [0.2, 0.25) is 0 Å². The number of unbranched alkanes of at least 4 members (excludes halogenated alkanes) is 21. The van der Waals surface area contributed by atoms with E-state index in [4.69, 9.17) is 14.2 Å². The molecule has 0 fully saturated rings. The van der Waals surface area contributed by atoms with Crippen LogP contribution in [0.5, 0.6) is 0 Å². The molecule has 0 saturated carbocycles. The number of rotatable bonds is 52. The molecule has 0 aliphatic heterocycles. The SMILES string of the molecule is CC/C=C\C/C=C\C/C=C\C/C=C\C/C=C\C/C=C\CCCCCCCCCCC(=O)OCC(COC(=O)CCCCCCCCCC)OC(=O)CCCCCCCC/C=C\C/C=C\C/C=C\C/C=C\CC. The van der Waals surface area contributed by atoms with E-state index in [2.05, 4.69) is 142 Å². The first-order chi connectivity index (χ1) is 35.5. The monoisotopic (exact) mass is 997 g/mol. The lowest BCUT2D eigenvalue weighted by atomic mass is 10.1. The average Bonchev–Trinajstić information content (AvgIpc) is 3.38. The highest BCUT2D eigenvalue weighted by atomic mass is 16.6. The Hall–Kier alpha value is -4.19. The average molecular weight is 998 g/mol. The van der Waals surface area contributed by atoms with Gasteiger partial charge in [0, 0.05) is 19.3 Å². The van der Waals surface area contributed by atoms with Crippen LogP contribution < -0.4 is 0 Å². The summed E-state index contributed by atoms with van der Waals surface area (Å²) < 4.78 is 16.8. The summed E-state index contributed by atoms with van der Waals surface area (Å²) in [6, 6.07) is 0. The van der Waals surface area contributed by atoms with Crippen molar-refractivity contribution in [2.45, 2.75) is 264 Å². The van der Waals surface area contributed by atoms with Crippen LogP contribution in [0.2, 0.25) is 0 Å². The molecule has 0 bridgehead atoms. The van der Waals surface area contributed by atoms with Gasteiger partial charge in [0.05, 0.1) is 0 Å². The van der Waals surface area contributed by atoms with E-state index in [1.165, 1.54) is 77.0 Å². The molecule has 0 saturated heterocycles. The second-order valence-corrected chi connectivity index (χ2v) is 19.1. The van der Waals surface area contributed by atoms with E-state index in [1.807, 2.05) is 0 Å². The zero-order chi connectivity index (χ0) is 52.2. The minimum Gasteiger partial charge on any atom is -0.462 e. The lowest BCUT2D eigenvalue weighted by Crippen LogP contribution is -2.30. The van der Waals surface area contributed by atoms with Gasteiger partial charge >= 0.3 is 17.9 Å². The minimum atomic E-state index is -0.790. The van der Waals surface area contributed by atoms with Gasteiger partial charge < -0.3 is 14.2 Å². The standard InChI is InChI=1S/C66H108O6/c1-4-7-10-13-16-19-21-23-25-27-29-30-31-32-33-34-35-36-38-39-41-43-45-47-50-53-56-59-65(68)71-62-63(61-70-64(67)58-55-52-49-18-15-12-9-6-3)72-66(69)60-57-54-51-48-46-44-42-40-37-28-26-24-22-20-17-14-11-8-5-2/h7-8,10-11,16-17,19-20,23-26,29-30,32-33,35-37,40,63H,4-6,9,12-15,18,21-22,27-28,31,34,38-39,41-62H2,1-3H3/b10-7-,11-8-,19-16-,20-17-,25-23-,26-24-,30-29-,33-32-,36-35-,40-37-. The molecule has 0 aliphatic carbocycles. The molecule has 6 heteroatoms. The number of esters is 3. The van der Waals surface area contributed by atoms with Crippen LogP contribution in [0.15, 0.2) is 122 Å². The molecule has 0 aromatic rings. The van der Waals surface area contributed by atoms with Crippen molar-refractivity contribution >= 4 is 17.9 Å². The van der Waals surface area contributed by atoms with E-state index in [0.717, 1.165) is 141 Å². The van der Waals surface area contributed by atoms with E-state index in [1.54, 1.807) is 0 Å². The molecule has 0 amide bonds. The minimum absolute atomic E-state index is 0.0878. The fraction of sp³-hybridized carbons (Fsp3) is 0.652. The first-order valence-corrected chi connectivity index (χ1v) is 29.5. The number of carbonyl (C=O) groups excluding carboxylic acids is 3. The molecule has 1 atom stereocenters. The van der Waals surface area contributed by atoms with Crippen molar-refractivity contribution in [1.29, 1.82) is 0 Å². The van der Waals surface area contributed by atoms with Crippen molar-refractivity contribution in [1.82, 2.24) is 0 Å². The van der Waals surface area contributed by atoms with Gasteiger partial charge in [-0.3, -0.25) is 14.4 Å². The first kappa shape index (κ1) is 67.8. The number of hydrogen-bond acceptors (Lipinski definition) is 6. The molecular weight excluding hydrogens is 889 g/mol. The Morgan fingerprint density at radius 2 is 0.542 bits per heavy atom. The van der Waals surface area contributed by atoms with Gasteiger partial charge in [0.1, 0.15) is 13.2 Å². The van der Waals surface area contributed by atoms with E-state index in [0.29, 0.717) is 19.3 Å². The number of carbonyl (C=O) groups is 3. The van der Waals surface area contributed by atoms with Crippen LogP contribution >= 0.6 is 0 Å². The van der Waals surface area contributed by atoms with E-state index in [9.17, 15) is 14.4 Å². The molecule has 0 aromatic heterocycles. The Morgan fingerprint density at radius 1 is 0.292 bits per heavy atom. The van der Waals surface area contributed by atoms with Crippen molar-refractivity contribution < 1.29 is 28.6 Å². The van der Waals surface area contributed by atoms with E-state index in [-0.39, 0.29) is 31.1 Å². The van der Waals surface area contributed by atoms with Gasteiger partial charge in [0.25, 0.3) is 0 Å². The van der Waals surface area contributed by atoms with Crippen LogP contribution in [0, 0.1) is 0 Å². The number of hydrogen-bond donors (Lipinski definition) is 0. The van der Waals surface area contributed by atoms with Crippen molar-refractivity contribution in [3.05, 3.63) is 122 Å². The molecule has 0 aliphatic rings. The fourth-order valence-electron chi connectivity index (χ4n) is 7.85. The molecule has 408 valence electrons. The zero-order valence-corrected chi connectivity index (χ0v) is 46.7. The summed E-state index contributed by atoms with van der Waals surface area (Å²) in [4.78, 5) is 38.1. The summed E-state index contributed by atoms with van der Waals surface area (Å²) in [5, 5.41) is 0. The molecule has 72 heavy (non-hydrogen) atoms. The molecule has 1 unspecified atom stereocenters. The highest BCUT2D eigenvalue weighted by molar-refractivity contribution is 5.71. The maximum absolute atomic E-state index is 12.8. The highest BCUT2D eigenvalue weighted by Gasteiger charge is 2.19. The van der Waals surface area contributed by atoms with E-state index < -0.39 is 6.10 Å². The Labute approximate surface area is 443 Å². The van der Waals surface area contributed by atoms with Crippen LogP contribution in [0.25, 0.3) is 0 Å². The molecule has 0 radical (unpaired) electrons. The molecule has 6 nitrogen and oxygen atoms in total. The largest absolute Gasteiger partial charge is 0.462 e. The van der Waals surface area contributed by atoms with Gasteiger partial charge in [-0.05, 0) is 109 Å².